The standard InChI is InChI=1S/C16H15Cl2N7O2/c1-8-4-9(2)21-16(20-8)25-12(5-10(3)23-25)22-13(26)7-24-15(27)14(18)11(17)6-19-24/h4-6H,7H2,1-3H3,(H,22,26). The van der Waals surface area contributed by atoms with Gasteiger partial charge in [0.1, 0.15) is 17.4 Å². The van der Waals surface area contributed by atoms with E-state index in [0.29, 0.717) is 17.5 Å². The fourth-order valence-corrected chi connectivity index (χ4v) is 2.69. The average Bonchev–Trinajstić information content (AvgIpc) is 2.95. The summed E-state index contributed by atoms with van der Waals surface area (Å²) in [6, 6.07) is 3.50. The van der Waals surface area contributed by atoms with Crippen molar-refractivity contribution in [2.45, 2.75) is 27.3 Å². The van der Waals surface area contributed by atoms with Crippen LogP contribution in [0.3, 0.4) is 0 Å². The molecule has 27 heavy (non-hydrogen) atoms. The molecule has 3 rings (SSSR count). The predicted molar refractivity (Wildman–Crippen MR) is 101 cm³/mol. The molecule has 0 spiro atoms. The Morgan fingerprint density at radius 2 is 1.78 bits per heavy atom. The van der Waals surface area contributed by atoms with Crippen LogP contribution in [0.4, 0.5) is 5.82 Å². The van der Waals surface area contributed by atoms with E-state index in [4.69, 9.17) is 23.2 Å². The minimum atomic E-state index is -0.651. The second kappa shape index (κ2) is 7.45. The van der Waals surface area contributed by atoms with Gasteiger partial charge in [0.25, 0.3) is 11.5 Å². The third-order valence-corrected chi connectivity index (χ3v) is 4.24. The molecule has 0 saturated carbocycles. The summed E-state index contributed by atoms with van der Waals surface area (Å²) < 4.78 is 2.35. The number of rotatable bonds is 4. The van der Waals surface area contributed by atoms with Crippen molar-refractivity contribution in [3.05, 3.63) is 55.8 Å². The molecule has 0 aliphatic carbocycles. The van der Waals surface area contributed by atoms with E-state index in [1.807, 2.05) is 19.9 Å². The molecule has 1 N–H and O–H groups in total. The van der Waals surface area contributed by atoms with E-state index in [2.05, 4.69) is 25.5 Å². The van der Waals surface area contributed by atoms with Gasteiger partial charge in [-0.15, -0.1) is 0 Å². The van der Waals surface area contributed by atoms with Crippen molar-refractivity contribution in [2.24, 2.45) is 0 Å². The minimum absolute atomic E-state index is 0.0268. The summed E-state index contributed by atoms with van der Waals surface area (Å²) in [5, 5.41) is 10.7. The molecule has 3 heterocycles. The van der Waals surface area contributed by atoms with Gasteiger partial charge in [-0.05, 0) is 26.8 Å². The maximum Gasteiger partial charge on any atom is 0.287 e. The van der Waals surface area contributed by atoms with Crippen molar-refractivity contribution >= 4 is 34.9 Å². The fourth-order valence-electron chi connectivity index (χ4n) is 2.42. The van der Waals surface area contributed by atoms with E-state index in [1.54, 1.807) is 13.0 Å². The molecular formula is C16H15Cl2N7O2. The van der Waals surface area contributed by atoms with Crippen LogP contribution in [-0.2, 0) is 11.3 Å². The van der Waals surface area contributed by atoms with E-state index < -0.39 is 11.5 Å². The van der Waals surface area contributed by atoms with E-state index in [9.17, 15) is 9.59 Å². The zero-order valence-electron chi connectivity index (χ0n) is 14.7. The summed E-state index contributed by atoms with van der Waals surface area (Å²) in [5.41, 5.74) is 1.56. The number of aromatic nitrogens is 6. The molecule has 0 bridgehead atoms. The summed E-state index contributed by atoms with van der Waals surface area (Å²) in [6.07, 6.45) is 1.20. The SMILES string of the molecule is Cc1cc(C)nc(-n2nc(C)cc2NC(=O)Cn2ncc(Cl)c(Cl)c2=O)n1. The molecule has 0 aromatic carbocycles. The Morgan fingerprint density at radius 1 is 1.11 bits per heavy atom. The lowest BCUT2D eigenvalue weighted by Crippen LogP contribution is -2.30. The summed E-state index contributed by atoms with van der Waals surface area (Å²) in [5.74, 6) is 0.213. The average molecular weight is 408 g/mol. The topological polar surface area (TPSA) is 108 Å². The van der Waals surface area contributed by atoms with E-state index >= 15 is 0 Å². The predicted octanol–water partition coefficient (Wildman–Crippen LogP) is 2.09. The second-order valence-electron chi connectivity index (χ2n) is 5.85. The van der Waals surface area contributed by atoms with Gasteiger partial charge in [-0.3, -0.25) is 9.59 Å². The van der Waals surface area contributed by atoms with Crippen molar-refractivity contribution < 1.29 is 4.79 Å². The number of hydrogen-bond donors (Lipinski definition) is 1. The molecule has 1 amide bonds. The van der Waals surface area contributed by atoms with Gasteiger partial charge in [-0.25, -0.2) is 14.6 Å². The number of carbonyl (C=O) groups is 1. The zero-order valence-corrected chi connectivity index (χ0v) is 16.2. The van der Waals surface area contributed by atoms with Crippen LogP contribution in [0.1, 0.15) is 17.1 Å². The first-order valence-electron chi connectivity index (χ1n) is 7.85. The van der Waals surface area contributed by atoms with Crippen molar-refractivity contribution in [3.8, 4) is 5.95 Å². The van der Waals surface area contributed by atoms with E-state index in [1.165, 1.54) is 10.9 Å². The van der Waals surface area contributed by atoms with Gasteiger partial charge >= 0.3 is 0 Å². The van der Waals surface area contributed by atoms with Crippen molar-refractivity contribution in [1.82, 2.24) is 29.5 Å². The first-order valence-corrected chi connectivity index (χ1v) is 8.60. The lowest BCUT2D eigenvalue weighted by atomic mass is 10.4. The quantitative estimate of drug-likeness (QED) is 0.709. The molecule has 140 valence electrons. The highest BCUT2D eigenvalue weighted by Crippen LogP contribution is 2.16. The van der Waals surface area contributed by atoms with Gasteiger partial charge in [-0.2, -0.15) is 14.9 Å². The normalized spacial score (nSPS) is 10.9. The fraction of sp³-hybridized carbons (Fsp3) is 0.250. The van der Waals surface area contributed by atoms with E-state index in [0.717, 1.165) is 16.1 Å². The number of aryl methyl sites for hydroxylation is 3. The largest absolute Gasteiger partial charge is 0.309 e. The van der Waals surface area contributed by atoms with Crippen molar-refractivity contribution in [3.63, 3.8) is 0 Å². The highest BCUT2D eigenvalue weighted by atomic mass is 35.5. The van der Waals surface area contributed by atoms with Gasteiger partial charge in [0.05, 0.1) is 16.9 Å². The number of halogens is 2. The zero-order chi connectivity index (χ0) is 19.7. The van der Waals surface area contributed by atoms with Gasteiger partial charge in [-0.1, -0.05) is 23.2 Å². The number of carbonyl (C=O) groups excluding carboxylic acids is 1. The highest BCUT2D eigenvalue weighted by molar-refractivity contribution is 6.41. The molecule has 0 radical (unpaired) electrons. The van der Waals surface area contributed by atoms with Crippen LogP contribution < -0.4 is 10.9 Å². The Morgan fingerprint density at radius 3 is 2.44 bits per heavy atom. The molecule has 0 aliphatic rings. The first kappa shape index (κ1) is 19.0. The Hall–Kier alpha value is -2.78. The van der Waals surface area contributed by atoms with Crippen LogP contribution in [0.5, 0.6) is 0 Å². The molecular weight excluding hydrogens is 393 g/mol. The third kappa shape index (κ3) is 4.15. The maximum atomic E-state index is 12.4. The van der Waals surface area contributed by atoms with Gasteiger partial charge in [0.2, 0.25) is 5.91 Å². The number of nitrogens with zero attached hydrogens (tertiary/aromatic N) is 6. The lowest BCUT2D eigenvalue weighted by molar-refractivity contribution is -0.117. The molecule has 0 fully saturated rings. The lowest BCUT2D eigenvalue weighted by Gasteiger charge is -2.09. The molecule has 3 aromatic heterocycles. The monoisotopic (exact) mass is 407 g/mol. The van der Waals surface area contributed by atoms with Gasteiger partial charge in [0, 0.05) is 17.5 Å². The molecule has 9 nitrogen and oxygen atoms in total. The third-order valence-electron chi connectivity index (χ3n) is 3.49. The van der Waals surface area contributed by atoms with Gasteiger partial charge in [0.15, 0.2) is 0 Å². The van der Waals surface area contributed by atoms with Crippen LogP contribution >= 0.6 is 23.2 Å². The van der Waals surface area contributed by atoms with E-state index in [-0.39, 0.29) is 16.6 Å². The second-order valence-corrected chi connectivity index (χ2v) is 6.64. The van der Waals surface area contributed by atoms with Crippen LogP contribution in [0.2, 0.25) is 10.0 Å². The molecule has 0 aliphatic heterocycles. The highest BCUT2D eigenvalue weighted by Gasteiger charge is 2.16. The smallest absolute Gasteiger partial charge is 0.287 e. The first-order chi connectivity index (χ1) is 12.7. The van der Waals surface area contributed by atoms with Gasteiger partial charge < -0.3 is 5.32 Å². The summed E-state index contributed by atoms with van der Waals surface area (Å²) in [4.78, 5) is 33.1. The Kier molecular flexibility index (Phi) is 5.24. The number of amides is 1. The Balaban J connectivity index is 1.87. The summed E-state index contributed by atoms with van der Waals surface area (Å²) in [7, 11) is 0. The number of nitrogens with one attached hydrogen (secondary N) is 1. The molecule has 0 saturated heterocycles. The van der Waals surface area contributed by atoms with Crippen molar-refractivity contribution in [1.29, 1.82) is 0 Å². The molecule has 0 atom stereocenters. The van der Waals surface area contributed by atoms with Crippen LogP contribution in [0.25, 0.3) is 5.95 Å². The van der Waals surface area contributed by atoms with Crippen LogP contribution in [0.15, 0.2) is 23.1 Å². The molecule has 3 aromatic rings. The summed E-state index contributed by atoms with van der Waals surface area (Å²) in [6.45, 7) is 5.12. The Bertz CT molecular complexity index is 1070. The molecule has 11 heteroatoms. The number of hydrogen-bond acceptors (Lipinski definition) is 6. The van der Waals surface area contributed by atoms with Crippen LogP contribution in [-0.4, -0.2) is 35.4 Å². The van der Waals surface area contributed by atoms with Crippen LogP contribution in [0, 0.1) is 20.8 Å². The Labute approximate surface area is 164 Å². The minimum Gasteiger partial charge on any atom is -0.309 e. The molecule has 0 unspecified atom stereocenters. The maximum absolute atomic E-state index is 12.4. The summed E-state index contributed by atoms with van der Waals surface area (Å²) >= 11 is 11.5. The number of anilines is 1. The van der Waals surface area contributed by atoms with Crippen molar-refractivity contribution in [2.75, 3.05) is 5.32 Å².